The van der Waals surface area contributed by atoms with Crippen LogP contribution in [-0.4, -0.2) is 36.7 Å². The van der Waals surface area contributed by atoms with E-state index in [9.17, 15) is 14.7 Å². The Morgan fingerprint density at radius 2 is 1.95 bits per heavy atom. The van der Waals surface area contributed by atoms with Crippen LogP contribution in [0.2, 0.25) is 0 Å². The van der Waals surface area contributed by atoms with Crippen molar-refractivity contribution in [2.75, 3.05) is 24.3 Å². The fourth-order valence-electron chi connectivity index (χ4n) is 2.47. The standard InChI is InChI=1S/C15H21N3O3/c1-10-5-6-11(9-12(10)18(2)3)16-14(21)17-15(13(19)20)7-4-8-15/h5-6,9H,4,7-8H2,1-3H3,(H,19,20)(H2,16,17,21). The van der Waals surface area contributed by atoms with E-state index in [0.29, 0.717) is 18.5 Å². The monoisotopic (exact) mass is 291 g/mol. The molecule has 0 aliphatic heterocycles. The number of amides is 2. The van der Waals surface area contributed by atoms with E-state index < -0.39 is 17.5 Å². The molecule has 114 valence electrons. The molecule has 1 aromatic carbocycles. The Labute approximate surface area is 124 Å². The zero-order chi connectivity index (χ0) is 15.6. The molecule has 0 bridgehead atoms. The molecule has 21 heavy (non-hydrogen) atoms. The van der Waals surface area contributed by atoms with Gasteiger partial charge in [0.25, 0.3) is 0 Å². The SMILES string of the molecule is Cc1ccc(NC(=O)NC2(C(=O)O)CCC2)cc1N(C)C. The minimum Gasteiger partial charge on any atom is -0.480 e. The topological polar surface area (TPSA) is 81.7 Å². The highest BCUT2D eigenvalue weighted by Gasteiger charge is 2.45. The molecule has 2 amide bonds. The fourth-order valence-corrected chi connectivity index (χ4v) is 2.47. The summed E-state index contributed by atoms with van der Waals surface area (Å²) in [4.78, 5) is 25.2. The summed E-state index contributed by atoms with van der Waals surface area (Å²) in [6.45, 7) is 1.99. The molecule has 0 spiro atoms. The number of benzene rings is 1. The van der Waals surface area contributed by atoms with Crippen molar-refractivity contribution in [1.82, 2.24) is 5.32 Å². The molecule has 2 rings (SSSR count). The summed E-state index contributed by atoms with van der Waals surface area (Å²) in [5.41, 5.74) is 1.65. The van der Waals surface area contributed by atoms with Gasteiger partial charge >= 0.3 is 12.0 Å². The number of hydrogen-bond donors (Lipinski definition) is 3. The van der Waals surface area contributed by atoms with Crippen LogP contribution in [0.4, 0.5) is 16.2 Å². The highest BCUT2D eigenvalue weighted by molar-refractivity contribution is 5.94. The molecular weight excluding hydrogens is 270 g/mol. The maximum atomic E-state index is 12.0. The van der Waals surface area contributed by atoms with Crippen LogP contribution in [0, 0.1) is 6.92 Å². The summed E-state index contributed by atoms with van der Waals surface area (Å²) < 4.78 is 0. The third-order valence-electron chi connectivity index (χ3n) is 3.92. The number of urea groups is 1. The Kier molecular flexibility index (Phi) is 4.06. The van der Waals surface area contributed by atoms with Crippen LogP contribution in [0.5, 0.6) is 0 Å². The third kappa shape index (κ3) is 3.09. The van der Waals surface area contributed by atoms with Gasteiger partial charge in [-0.2, -0.15) is 0 Å². The van der Waals surface area contributed by atoms with Crippen LogP contribution in [0.1, 0.15) is 24.8 Å². The summed E-state index contributed by atoms with van der Waals surface area (Å²) >= 11 is 0. The fraction of sp³-hybridized carbons (Fsp3) is 0.467. The van der Waals surface area contributed by atoms with E-state index in [0.717, 1.165) is 17.7 Å². The zero-order valence-corrected chi connectivity index (χ0v) is 12.6. The van der Waals surface area contributed by atoms with Gasteiger partial charge in [-0.05, 0) is 43.9 Å². The van der Waals surface area contributed by atoms with Crippen LogP contribution in [0.25, 0.3) is 0 Å². The van der Waals surface area contributed by atoms with Crippen LogP contribution < -0.4 is 15.5 Å². The van der Waals surface area contributed by atoms with E-state index in [2.05, 4.69) is 10.6 Å². The molecule has 1 saturated carbocycles. The van der Waals surface area contributed by atoms with E-state index in [-0.39, 0.29) is 0 Å². The van der Waals surface area contributed by atoms with E-state index in [4.69, 9.17) is 0 Å². The lowest BCUT2D eigenvalue weighted by Crippen LogP contribution is -2.60. The number of aliphatic carboxylic acids is 1. The second-order valence-corrected chi connectivity index (χ2v) is 5.72. The summed E-state index contributed by atoms with van der Waals surface area (Å²) in [7, 11) is 3.86. The molecule has 1 aliphatic carbocycles. The van der Waals surface area contributed by atoms with E-state index in [1.807, 2.05) is 38.1 Å². The van der Waals surface area contributed by atoms with Crippen molar-refractivity contribution in [2.24, 2.45) is 0 Å². The predicted molar refractivity (Wildman–Crippen MR) is 81.9 cm³/mol. The number of carbonyl (C=O) groups is 2. The van der Waals surface area contributed by atoms with Crippen LogP contribution >= 0.6 is 0 Å². The lowest BCUT2D eigenvalue weighted by Gasteiger charge is -2.38. The van der Waals surface area contributed by atoms with Gasteiger partial charge in [0.2, 0.25) is 0 Å². The third-order valence-corrected chi connectivity index (χ3v) is 3.92. The zero-order valence-electron chi connectivity index (χ0n) is 12.6. The molecule has 0 radical (unpaired) electrons. The van der Waals surface area contributed by atoms with Gasteiger partial charge in [-0.1, -0.05) is 6.07 Å². The van der Waals surface area contributed by atoms with Gasteiger partial charge in [0.1, 0.15) is 5.54 Å². The number of rotatable bonds is 4. The first-order chi connectivity index (χ1) is 9.84. The maximum Gasteiger partial charge on any atom is 0.329 e. The smallest absolute Gasteiger partial charge is 0.329 e. The first-order valence-corrected chi connectivity index (χ1v) is 6.95. The summed E-state index contributed by atoms with van der Waals surface area (Å²) in [6, 6.07) is 5.10. The largest absolute Gasteiger partial charge is 0.480 e. The molecule has 6 heteroatoms. The van der Waals surface area contributed by atoms with Crippen LogP contribution in [0.15, 0.2) is 18.2 Å². The Bertz CT molecular complexity index is 565. The number of carboxylic acid groups (broad SMARTS) is 1. The Morgan fingerprint density at radius 3 is 2.43 bits per heavy atom. The molecule has 0 atom stereocenters. The second kappa shape index (κ2) is 5.63. The van der Waals surface area contributed by atoms with Gasteiger partial charge in [0.05, 0.1) is 0 Å². The van der Waals surface area contributed by atoms with Crippen molar-refractivity contribution in [3.05, 3.63) is 23.8 Å². The lowest BCUT2D eigenvalue weighted by atomic mass is 9.77. The molecule has 6 nitrogen and oxygen atoms in total. The van der Waals surface area contributed by atoms with Crippen molar-refractivity contribution in [3.63, 3.8) is 0 Å². The Morgan fingerprint density at radius 1 is 1.29 bits per heavy atom. The van der Waals surface area contributed by atoms with Gasteiger partial charge in [-0.15, -0.1) is 0 Å². The lowest BCUT2D eigenvalue weighted by molar-refractivity contribution is -0.148. The average molecular weight is 291 g/mol. The van der Waals surface area contributed by atoms with Gasteiger partial charge < -0.3 is 20.6 Å². The van der Waals surface area contributed by atoms with Gasteiger partial charge in [0.15, 0.2) is 0 Å². The van der Waals surface area contributed by atoms with Gasteiger partial charge in [-0.25, -0.2) is 9.59 Å². The van der Waals surface area contributed by atoms with Gasteiger partial charge in [0, 0.05) is 25.5 Å². The number of aryl methyl sites for hydroxylation is 1. The summed E-state index contributed by atoms with van der Waals surface area (Å²) in [5, 5.41) is 14.5. The number of nitrogens with zero attached hydrogens (tertiary/aromatic N) is 1. The maximum absolute atomic E-state index is 12.0. The second-order valence-electron chi connectivity index (χ2n) is 5.72. The molecule has 0 aromatic heterocycles. The van der Waals surface area contributed by atoms with Crippen LogP contribution in [0.3, 0.4) is 0 Å². The first kappa shape index (κ1) is 15.2. The van der Waals surface area contributed by atoms with Gasteiger partial charge in [-0.3, -0.25) is 0 Å². The van der Waals surface area contributed by atoms with Crippen molar-refractivity contribution < 1.29 is 14.7 Å². The van der Waals surface area contributed by atoms with E-state index in [1.165, 1.54) is 0 Å². The average Bonchev–Trinajstić information content (AvgIpc) is 2.35. The van der Waals surface area contributed by atoms with E-state index in [1.54, 1.807) is 6.07 Å². The van der Waals surface area contributed by atoms with E-state index >= 15 is 0 Å². The number of nitrogens with one attached hydrogen (secondary N) is 2. The minimum atomic E-state index is -1.10. The number of hydrogen-bond acceptors (Lipinski definition) is 3. The van der Waals surface area contributed by atoms with Crippen molar-refractivity contribution in [1.29, 1.82) is 0 Å². The summed E-state index contributed by atoms with van der Waals surface area (Å²) in [6.07, 6.45) is 1.78. The van der Waals surface area contributed by atoms with Crippen molar-refractivity contribution in [2.45, 2.75) is 31.7 Å². The molecule has 0 unspecified atom stereocenters. The summed E-state index contributed by atoms with van der Waals surface area (Å²) in [5.74, 6) is -0.971. The van der Waals surface area contributed by atoms with Crippen LogP contribution in [-0.2, 0) is 4.79 Å². The Balaban J connectivity index is 2.06. The van der Waals surface area contributed by atoms with Crippen molar-refractivity contribution >= 4 is 23.4 Å². The molecule has 1 aromatic rings. The molecular formula is C15H21N3O3. The molecule has 3 N–H and O–H groups in total. The molecule has 0 saturated heterocycles. The highest BCUT2D eigenvalue weighted by atomic mass is 16.4. The Hall–Kier alpha value is -2.24. The number of carboxylic acids is 1. The van der Waals surface area contributed by atoms with Crippen molar-refractivity contribution in [3.8, 4) is 0 Å². The highest BCUT2D eigenvalue weighted by Crippen LogP contribution is 2.32. The minimum absolute atomic E-state index is 0.479. The quantitative estimate of drug-likeness (QED) is 0.794. The predicted octanol–water partition coefficient (Wildman–Crippen LogP) is 2.19. The number of anilines is 2. The first-order valence-electron chi connectivity index (χ1n) is 6.95. The number of carbonyl (C=O) groups excluding carboxylic acids is 1. The normalized spacial score (nSPS) is 15.8. The molecule has 0 heterocycles. The molecule has 1 aliphatic rings. The molecule has 1 fully saturated rings.